The first-order chi connectivity index (χ1) is 11.8. The van der Waals surface area contributed by atoms with Gasteiger partial charge in [0.2, 0.25) is 0 Å². The first-order valence-electron chi connectivity index (χ1n) is 8.74. The second-order valence-corrected chi connectivity index (χ2v) is 7.00. The molecule has 0 spiro atoms. The van der Waals surface area contributed by atoms with E-state index >= 15 is 0 Å². The molecule has 1 aliphatic heterocycles. The van der Waals surface area contributed by atoms with E-state index in [9.17, 15) is 18.0 Å². The van der Waals surface area contributed by atoms with Crippen LogP contribution in [-0.4, -0.2) is 36.2 Å². The zero-order valence-electron chi connectivity index (χ0n) is 13.9. The molecule has 1 aliphatic carbocycles. The molecule has 1 atom stereocenters. The Bertz CT molecular complexity index is 613. The van der Waals surface area contributed by atoms with Crippen LogP contribution in [0.1, 0.15) is 37.7 Å². The summed E-state index contributed by atoms with van der Waals surface area (Å²) in [7, 11) is 0. The van der Waals surface area contributed by atoms with Crippen molar-refractivity contribution in [3.63, 3.8) is 0 Å². The molecule has 2 N–H and O–H groups in total. The molecule has 4 nitrogen and oxygen atoms in total. The van der Waals surface area contributed by atoms with Gasteiger partial charge in [0, 0.05) is 30.9 Å². The molecule has 1 aromatic carbocycles. The molecule has 0 amide bonds. The fraction of sp³-hybridized carbons (Fsp3) is 0.611. The minimum atomic E-state index is -4.35. The van der Waals surface area contributed by atoms with Gasteiger partial charge in [0.15, 0.2) is 0 Å². The highest BCUT2D eigenvalue weighted by Crippen LogP contribution is 2.37. The molecule has 0 bridgehead atoms. The van der Waals surface area contributed by atoms with Crippen LogP contribution in [0.5, 0.6) is 0 Å². The van der Waals surface area contributed by atoms with Crippen LogP contribution in [0, 0.1) is 5.92 Å². The number of nitrogens with zero attached hydrogens (tertiary/aromatic N) is 1. The van der Waals surface area contributed by atoms with E-state index in [1.807, 2.05) is 0 Å². The highest BCUT2D eigenvalue weighted by atomic mass is 19.4. The van der Waals surface area contributed by atoms with Gasteiger partial charge in [0.25, 0.3) is 0 Å². The lowest BCUT2D eigenvalue weighted by atomic mass is 9.86. The van der Waals surface area contributed by atoms with Crippen LogP contribution in [0.3, 0.4) is 0 Å². The molecular weight excluding hydrogens is 333 g/mol. The number of carbonyl (C=O) groups is 1. The second kappa shape index (κ2) is 7.23. The van der Waals surface area contributed by atoms with Crippen LogP contribution in [0.25, 0.3) is 0 Å². The van der Waals surface area contributed by atoms with Crippen LogP contribution in [-0.2, 0) is 11.0 Å². The normalized spacial score (nSPS) is 27.5. The minimum absolute atomic E-state index is 0.146. The van der Waals surface area contributed by atoms with Crippen LogP contribution in [0.15, 0.2) is 24.3 Å². The first kappa shape index (κ1) is 18.0. The Kier molecular flexibility index (Phi) is 5.22. The highest BCUT2D eigenvalue weighted by Gasteiger charge is 2.36. The Morgan fingerprint density at radius 2 is 1.76 bits per heavy atom. The van der Waals surface area contributed by atoms with Crippen molar-refractivity contribution < 1.29 is 23.1 Å². The van der Waals surface area contributed by atoms with Gasteiger partial charge >= 0.3 is 12.1 Å². The number of nitrogens with one attached hydrogen (secondary N) is 1. The van der Waals surface area contributed by atoms with E-state index in [2.05, 4.69) is 5.32 Å². The Balaban J connectivity index is 1.57. The third-order valence-corrected chi connectivity index (χ3v) is 5.29. The number of benzene rings is 1. The van der Waals surface area contributed by atoms with Gasteiger partial charge in [-0.1, -0.05) is 12.1 Å². The van der Waals surface area contributed by atoms with Crippen LogP contribution < -0.4 is 10.2 Å². The maximum absolute atomic E-state index is 13.2. The number of hydrogen-bond acceptors (Lipinski definition) is 3. The number of halogens is 3. The first-order valence-corrected chi connectivity index (χ1v) is 8.74. The third kappa shape index (κ3) is 4.26. The van der Waals surface area contributed by atoms with E-state index in [1.165, 1.54) is 12.1 Å². The summed E-state index contributed by atoms with van der Waals surface area (Å²) < 4.78 is 39.5. The van der Waals surface area contributed by atoms with Crippen LogP contribution in [0.2, 0.25) is 0 Å². The lowest BCUT2D eigenvalue weighted by Crippen LogP contribution is -2.42. The summed E-state index contributed by atoms with van der Waals surface area (Å²) in [6.07, 6.45) is -0.595. The maximum Gasteiger partial charge on any atom is 0.418 e. The Morgan fingerprint density at radius 3 is 2.40 bits per heavy atom. The van der Waals surface area contributed by atoms with Crippen molar-refractivity contribution in [1.82, 2.24) is 5.32 Å². The largest absolute Gasteiger partial charge is 0.481 e. The van der Waals surface area contributed by atoms with E-state index < -0.39 is 17.7 Å². The molecule has 138 valence electrons. The molecular formula is C18H23F3N2O2. The summed E-state index contributed by atoms with van der Waals surface area (Å²) in [5.41, 5.74) is -0.341. The van der Waals surface area contributed by atoms with Gasteiger partial charge in [0.05, 0.1) is 11.5 Å². The molecule has 1 saturated heterocycles. The minimum Gasteiger partial charge on any atom is -0.481 e. The lowest BCUT2D eigenvalue weighted by molar-refractivity contribution is -0.143. The maximum atomic E-state index is 13.2. The van der Waals surface area contributed by atoms with E-state index in [-0.39, 0.29) is 23.7 Å². The quantitative estimate of drug-likeness (QED) is 0.867. The Morgan fingerprint density at radius 1 is 1.08 bits per heavy atom. The van der Waals surface area contributed by atoms with E-state index in [4.69, 9.17) is 5.11 Å². The fourth-order valence-electron chi connectivity index (χ4n) is 3.94. The summed E-state index contributed by atoms with van der Waals surface area (Å²) in [4.78, 5) is 12.8. The zero-order valence-corrected chi connectivity index (χ0v) is 13.9. The second-order valence-electron chi connectivity index (χ2n) is 7.00. The van der Waals surface area contributed by atoms with Gasteiger partial charge in [0.1, 0.15) is 0 Å². The number of hydrogen-bond donors (Lipinski definition) is 2. The number of rotatable bonds is 4. The molecule has 3 rings (SSSR count). The van der Waals surface area contributed by atoms with Gasteiger partial charge in [-0.15, -0.1) is 0 Å². The van der Waals surface area contributed by atoms with Gasteiger partial charge < -0.3 is 15.3 Å². The van der Waals surface area contributed by atoms with Gasteiger partial charge in [-0.25, -0.2) is 0 Å². The van der Waals surface area contributed by atoms with Gasteiger partial charge in [-0.3, -0.25) is 4.79 Å². The van der Waals surface area contributed by atoms with Crippen molar-refractivity contribution in [3.05, 3.63) is 29.8 Å². The smallest absolute Gasteiger partial charge is 0.418 e. The molecule has 1 unspecified atom stereocenters. The number of aliphatic carboxylic acids is 1. The van der Waals surface area contributed by atoms with Crippen LogP contribution in [0.4, 0.5) is 18.9 Å². The van der Waals surface area contributed by atoms with Crippen molar-refractivity contribution in [3.8, 4) is 0 Å². The Hall–Kier alpha value is -1.76. The van der Waals surface area contributed by atoms with Crippen molar-refractivity contribution in [2.24, 2.45) is 5.92 Å². The number of anilines is 1. The van der Waals surface area contributed by atoms with Crippen molar-refractivity contribution in [1.29, 1.82) is 0 Å². The van der Waals surface area contributed by atoms with Gasteiger partial charge in [-0.2, -0.15) is 13.2 Å². The van der Waals surface area contributed by atoms with Crippen LogP contribution >= 0.6 is 0 Å². The predicted octanol–water partition coefficient (Wildman–Crippen LogP) is 3.52. The SMILES string of the molecule is O=C(O)C1CCC(NC2CCN(c3ccccc3C(F)(F)F)C2)CC1. The fourth-order valence-corrected chi connectivity index (χ4v) is 3.94. The Labute approximate surface area is 145 Å². The van der Waals surface area contributed by atoms with Crippen molar-refractivity contribution in [2.75, 3.05) is 18.0 Å². The van der Waals surface area contributed by atoms with Crippen molar-refractivity contribution in [2.45, 2.75) is 50.4 Å². The molecule has 2 fully saturated rings. The summed E-state index contributed by atoms with van der Waals surface area (Å²) in [5.74, 6) is -0.981. The van der Waals surface area contributed by atoms with E-state index in [0.717, 1.165) is 25.3 Å². The summed E-state index contributed by atoms with van der Waals surface area (Å²) in [6, 6.07) is 6.12. The average Bonchev–Trinajstić information content (AvgIpc) is 3.03. The molecule has 0 radical (unpaired) electrons. The number of carboxylic acid groups (broad SMARTS) is 1. The predicted molar refractivity (Wildman–Crippen MR) is 88.6 cm³/mol. The molecule has 1 aromatic rings. The summed E-state index contributed by atoms with van der Waals surface area (Å²) in [5, 5.41) is 12.6. The van der Waals surface area contributed by atoms with Crippen molar-refractivity contribution >= 4 is 11.7 Å². The molecule has 7 heteroatoms. The number of para-hydroxylation sites is 1. The molecule has 0 aromatic heterocycles. The number of carboxylic acids is 1. The summed E-state index contributed by atoms with van der Waals surface area (Å²) >= 11 is 0. The molecule has 1 heterocycles. The standard InChI is InChI=1S/C18H23F3N2O2/c19-18(20,21)15-3-1-2-4-16(15)23-10-9-14(11-23)22-13-7-5-12(6-8-13)17(24)25/h1-4,12-14,22H,5-11H2,(H,24,25). The monoisotopic (exact) mass is 356 g/mol. The number of alkyl halides is 3. The topological polar surface area (TPSA) is 52.6 Å². The van der Waals surface area contributed by atoms with E-state index in [0.29, 0.717) is 25.9 Å². The third-order valence-electron chi connectivity index (χ3n) is 5.29. The average molecular weight is 356 g/mol. The molecule has 1 saturated carbocycles. The molecule has 2 aliphatic rings. The summed E-state index contributed by atoms with van der Waals surface area (Å²) in [6.45, 7) is 1.14. The molecule has 25 heavy (non-hydrogen) atoms. The van der Waals surface area contributed by atoms with E-state index in [1.54, 1.807) is 11.0 Å². The van der Waals surface area contributed by atoms with Gasteiger partial charge in [-0.05, 0) is 44.2 Å². The zero-order chi connectivity index (χ0) is 18.0. The lowest BCUT2D eigenvalue weighted by Gasteiger charge is -2.30. The highest BCUT2D eigenvalue weighted by molar-refractivity contribution is 5.70.